The van der Waals surface area contributed by atoms with Gasteiger partial charge in [-0.15, -0.1) is 0 Å². The molecule has 12 nitrogen and oxygen atoms in total. The Bertz CT molecular complexity index is 1360. The van der Waals surface area contributed by atoms with E-state index in [1.165, 1.54) is 27.7 Å². The number of hydrogen-bond acceptors (Lipinski definition) is 12. The van der Waals surface area contributed by atoms with Crippen LogP contribution < -0.4 is 0 Å². The molecule has 6 rings (SSSR count). The van der Waals surface area contributed by atoms with Crippen molar-refractivity contribution in [3.05, 3.63) is 0 Å². The molecule has 0 spiro atoms. The van der Waals surface area contributed by atoms with Gasteiger partial charge in [0.2, 0.25) is 0 Å². The average molecular weight is 739 g/mol. The van der Waals surface area contributed by atoms with Crippen LogP contribution in [0.1, 0.15) is 120 Å². The van der Waals surface area contributed by atoms with E-state index in [0.29, 0.717) is 18.8 Å². The van der Waals surface area contributed by atoms with Crippen LogP contribution in [-0.2, 0) is 28.5 Å². The summed E-state index contributed by atoms with van der Waals surface area (Å²) in [5, 5.41) is 65.2. The van der Waals surface area contributed by atoms with E-state index in [9.17, 15) is 40.2 Å². The van der Waals surface area contributed by atoms with Crippen molar-refractivity contribution in [3.63, 3.8) is 0 Å². The molecular formula is C40H66O12. The molecule has 6 aliphatic rings. The van der Waals surface area contributed by atoms with E-state index in [1.54, 1.807) is 0 Å². The Labute approximate surface area is 308 Å². The number of aliphatic hydroxyl groups is 6. The maximum Gasteiger partial charge on any atom is 0.302 e. The highest BCUT2D eigenvalue weighted by molar-refractivity contribution is 5.66. The zero-order valence-corrected chi connectivity index (χ0v) is 32.7. The molecule has 6 N–H and O–H groups in total. The van der Waals surface area contributed by atoms with Crippen molar-refractivity contribution in [2.24, 2.45) is 50.7 Å². The van der Waals surface area contributed by atoms with E-state index < -0.39 is 60.6 Å². The van der Waals surface area contributed by atoms with Crippen molar-refractivity contribution in [3.8, 4) is 0 Å². The minimum atomic E-state index is -1.58. The molecule has 298 valence electrons. The minimum absolute atomic E-state index is 0.00590. The summed E-state index contributed by atoms with van der Waals surface area (Å²) in [6, 6.07) is 0. The molecule has 5 saturated carbocycles. The molecule has 5 aliphatic carbocycles. The van der Waals surface area contributed by atoms with Gasteiger partial charge in [0.1, 0.15) is 43.2 Å². The van der Waals surface area contributed by atoms with Crippen LogP contribution in [0.2, 0.25) is 0 Å². The van der Waals surface area contributed by atoms with Crippen LogP contribution >= 0.6 is 0 Å². The molecule has 1 aliphatic heterocycles. The van der Waals surface area contributed by atoms with Crippen LogP contribution in [0.5, 0.6) is 0 Å². The smallest absolute Gasteiger partial charge is 0.302 e. The van der Waals surface area contributed by atoms with E-state index >= 15 is 0 Å². The third-order valence-corrected chi connectivity index (χ3v) is 16.2. The molecular weight excluding hydrogens is 672 g/mol. The highest BCUT2D eigenvalue weighted by Gasteiger charge is 2.85. The van der Waals surface area contributed by atoms with Crippen molar-refractivity contribution < 1.29 is 59.2 Å². The topological polar surface area (TPSA) is 192 Å². The van der Waals surface area contributed by atoms with E-state index in [0.717, 1.165) is 44.9 Å². The normalized spacial score (nSPS) is 48.2. The van der Waals surface area contributed by atoms with Gasteiger partial charge in [-0.2, -0.15) is 0 Å². The fraction of sp³-hybridized carbons (Fsp3) is 0.950. The predicted octanol–water partition coefficient (Wildman–Crippen LogP) is 3.24. The zero-order valence-electron chi connectivity index (χ0n) is 32.7. The molecule has 0 unspecified atom stereocenters. The first-order valence-corrected chi connectivity index (χ1v) is 19.7. The molecule has 12 heteroatoms. The zero-order chi connectivity index (χ0) is 38.6. The third-order valence-electron chi connectivity index (χ3n) is 16.2. The number of ether oxygens (including phenoxy) is 4. The highest BCUT2D eigenvalue weighted by Crippen LogP contribution is 2.91. The summed E-state index contributed by atoms with van der Waals surface area (Å²) in [5.41, 5.74) is -2.38. The average Bonchev–Trinajstić information content (AvgIpc) is 3.61. The van der Waals surface area contributed by atoms with Crippen LogP contribution in [0.25, 0.3) is 0 Å². The van der Waals surface area contributed by atoms with Crippen molar-refractivity contribution >= 4 is 11.9 Å². The number of esters is 2. The Morgan fingerprint density at radius 3 is 2.17 bits per heavy atom. The number of hydrogen-bond donors (Lipinski definition) is 6. The largest absolute Gasteiger partial charge is 0.463 e. The van der Waals surface area contributed by atoms with Gasteiger partial charge in [0.25, 0.3) is 0 Å². The van der Waals surface area contributed by atoms with Gasteiger partial charge in [0, 0.05) is 24.7 Å². The fourth-order valence-electron chi connectivity index (χ4n) is 13.7. The van der Waals surface area contributed by atoms with E-state index in [4.69, 9.17) is 18.9 Å². The second-order valence-corrected chi connectivity index (χ2v) is 19.5. The van der Waals surface area contributed by atoms with Gasteiger partial charge < -0.3 is 49.6 Å². The second-order valence-electron chi connectivity index (χ2n) is 19.5. The second kappa shape index (κ2) is 13.4. The lowest BCUT2D eigenvalue weighted by atomic mass is 9.37. The van der Waals surface area contributed by atoms with Gasteiger partial charge in [-0.05, 0) is 112 Å². The number of carbonyl (C=O) groups excluding carboxylic acids is 2. The molecule has 6 fully saturated rings. The molecule has 1 saturated heterocycles. The molecule has 52 heavy (non-hydrogen) atoms. The van der Waals surface area contributed by atoms with Gasteiger partial charge in [-0.3, -0.25) is 9.59 Å². The first-order chi connectivity index (χ1) is 24.0. The molecule has 0 amide bonds. The molecule has 0 aromatic carbocycles. The fourth-order valence-corrected chi connectivity index (χ4v) is 13.7. The predicted molar refractivity (Wildman–Crippen MR) is 188 cm³/mol. The maximum absolute atomic E-state index is 12.3. The van der Waals surface area contributed by atoms with Gasteiger partial charge >= 0.3 is 11.9 Å². The highest BCUT2D eigenvalue weighted by atomic mass is 16.7. The van der Waals surface area contributed by atoms with Crippen LogP contribution in [-0.4, -0.2) is 110 Å². The summed E-state index contributed by atoms with van der Waals surface area (Å²) in [6.45, 7) is 16.7. The van der Waals surface area contributed by atoms with Crippen molar-refractivity contribution in [2.45, 2.75) is 181 Å². The number of carbonyl (C=O) groups is 2. The Kier molecular flexibility index (Phi) is 10.4. The van der Waals surface area contributed by atoms with Crippen molar-refractivity contribution in [2.75, 3.05) is 6.61 Å². The summed E-state index contributed by atoms with van der Waals surface area (Å²) in [6.07, 6.45) is -2.40. The summed E-state index contributed by atoms with van der Waals surface area (Å²) in [7, 11) is 0. The first kappa shape index (κ1) is 40.3. The van der Waals surface area contributed by atoms with Gasteiger partial charge in [-0.25, -0.2) is 0 Å². The Balaban J connectivity index is 1.36. The summed E-state index contributed by atoms with van der Waals surface area (Å²) >= 11 is 0. The Morgan fingerprint density at radius 2 is 1.56 bits per heavy atom. The van der Waals surface area contributed by atoms with E-state index in [-0.39, 0.29) is 63.5 Å². The maximum atomic E-state index is 12.3. The van der Waals surface area contributed by atoms with Gasteiger partial charge in [-0.1, -0.05) is 34.6 Å². The quantitative estimate of drug-likeness (QED) is 0.142. The van der Waals surface area contributed by atoms with Crippen molar-refractivity contribution in [1.29, 1.82) is 0 Å². The molecule has 0 aromatic heterocycles. The lowest BCUT2D eigenvalue weighted by Crippen LogP contribution is -2.68. The van der Waals surface area contributed by atoms with Crippen LogP contribution in [0, 0.1) is 50.7 Å². The number of rotatable bonds is 10. The molecule has 0 aromatic rings. The minimum Gasteiger partial charge on any atom is -0.463 e. The molecule has 0 bridgehead atoms. The Morgan fingerprint density at radius 1 is 0.885 bits per heavy atom. The van der Waals surface area contributed by atoms with Crippen LogP contribution in [0.3, 0.4) is 0 Å². The third kappa shape index (κ3) is 5.99. The number of fused-ring (bicyclic) bond motifs is 3. The van der Waals surface area contributed by atoms with Gasteiger partial charge in [0.15, 0.2) is 6.29 Å². The lowest BCUT2D eigenvalue weighted by molar-refractivity contribution is -0.344. The molecule has 0 radical (unpaired) electrons. The van der Waals surface area contributed by atoms with E-state index in [1.807, 2.05) is 0 Å². The summed E-state index contributed by atoms with van der Waals surface area (Å²) in [4.78, 5) is 23.9. The monoisotopic (exact) mass is 738 g/mol. The molecule has 17 atom stereocenters. The van der Waals surface area contributed by atoms with Crippen molar-refractivity contribution in [1.82, 2.24) is 0 Å². The Hall–Kier alpha value is -1.38. The SMILES string of the molecule is CC(=O)OC[C@@H]1O[C@H](O[C@@H]2C[C@@H]3C(C)(C)[C@H](OC(C)=O)CC[C@]3(C)[C@H]3CC[C@]45C[C@]4(CC[C@H]5[C@@H](C)C[C@H](O)[C@H](O)C(C)(C)O)[C@@]32C)[C@@H](O)[C@H](O)[C@H]1O. The lowest BCUT2D eigenvalue weighted by Gasteiger charge is -2.69. The molecule has 1 heterocycles. The summed E-state index contributed by atoms with van der Waals surface area (Å²) in [5.74, 6) is -0.142. The van der Waals surface area contributed by atoms with Crippen LogP contribution in [0.4, 0.5) is 0 Å². The van der Waals surface area contributed by atoms with Gasteiger partial charge in [0.05, 0.1) is 17.8 Å². The number of aliphatic hydroxyl groups excluding tert-OH is 5. The van der Waals surface area contributed by atoms with Crippen LogP contribution in [0.15, 0.2) is 0 Å². The first-order valence-electron chi connectivity index (χ1n) is 19.7. The summed E-state index contributed by atoms with van der Waals surface area (Å²) < 4.78 is 24.3. The van der Waals surface area contributed by atoms with E-state index in [2.05, 4.69) is 34.6 Å². The standard InChI is InChI=1S/C40H66O12/c1-20(16-24(43)33(47)36(6,7)48)23-10-15-40-19-39(23,40)14-11-26-37(8)13-12-28(50-22(3)42)35(4,5)27(37)17-29(38(26,40)9)52-34-32(46)31(45)30(44)25(51-34)18-49-21(2)41/h20,23-34,43-48H,10-19H2,1-9H3/t20-,23-,24-,25-,26+,27+,28+,29+,30-,31+,32-,33-,34+,37+,38-,39+,40+/m0/s1.